The Balaban J connectivity index is 0.00000332. The number of rotatable bonds is 10. The maximum absolute atomic E-state index is 12.0. The molecule has 1 aromatic heterocycles. The summed E-state index contributed by atoms with van der Waals surface area (Å²) in [6, 6.07) is 8.04. The molecule has 0 amide bonds. The minimum Gasteiger partial charge on any atom is -0.395 e. The Morgan fingerprint density at radius 2 is 1.76 bits per heavy atom. The maximum Gasteiger partial charge on any atom is 0.156 e. The van der Waals surface area contributed by atoms with Crippen LogP contribution in [0.1, 0.15) is 11.1 Å². The Kier molecular flexibility index (Phi) is 14.9. The molecule has 0 aliphatic rings. The number of nitrogens with zero attached hydrogens (tertiary/aromatic N) is 4. The van der Waals surface area contributed by atoms with Crippen molar-refractivity contribution < 1.29 is 51.3 Å². The van der Waals surface area contributed by atoms with Gasteiger partial charge < -0.3 is 27.8 Å². The first-order valence-electron chi connectivity index (χ1n) is 9.63. The summed E-state index contributed by atoms with van der Waals surface area (Å²) >= 11 is 0. The molecule has 0 bridgehead atoms. The molecule has 4 N–H and O–H groups in total. The van der Waals surface area contributed by atoms with Crippen LogP contribution in [-0.4, -0.2) is 63.5 Å². The van der Waals surface area contributed by atoms with Gasteiger partial charge in [-0.25, -0.2) is 13.4 Å². The Labute approximate surface area is 221 Å². The van der Waals surface area contributed by atoms with Gasteiger partial charge in [0, 0.05) is 51.4 Å². The number of benzene rings is 1. The Morgan fingerprint density at radius 3 is 2.30 bits per heavy atom. The van der Waals surface area contributed by atoms with Crippen molar-refractivity contribution in [2.75, 3.05) is 42.7 Å². The number of pyridine rings is 1. The van der Waals surface area contributed by atoms with Crippen LogP contribution in [0.3, 0.4) is 0 Å². The van der Waals surface area contributed by atoms with Crippen molar-refractivity contribution in [1.82, 2.24) is 4.98 Å². The molecule has 0 spiro atoms. The molecule has 0 saturated heterocycles. The summed E-state index contributed by atoms with van der Waals surface area (Å²) in [4.78, 5) is 4.42. The molecule has 0 saturated carbocycles. The van der Waals surface area contributed by atoms with Gasteiger partial charge in [-0.1, -0.05) is 18.6 Å². The van der Waals surface area contributed by atoms with E-state index in [0.717, 1.165) is 0 Å². The number of nitriles is 1. The van der Waals surface area contributed by atoms with E-state index >= 15 is 0 Å². The maximum atomic E-state index is 12.0. The van der Waals surface area contributed by atoms with Crippen molar-refractivity contribution in [3.63, 3.8) is 0 Å². The van der Waals surface area contributed by atoms with Gasteiger partial charge in [0.2, 0.25) is 0 Å². The first kappa shape index (κ1) is 31.1. The average Bonchev–Trinajstić information content (AvgIpc) is 2.82. The van der Waals surface area contributed by atoms with Crippen LogP contribution >= 0.6 is 0 Å². The van der Waals surface area contributed by atoms with Crippen molar-refractivity contribution in [3.05, 3.63) is 42.3 Å². The minimum absolute atomic E-state index is 0. The van der Waals surface area contributed by atoms with Crippen LogP contribution < -0.4 is 10.6 Å². The molecule has 1 aromatic carbocycles. The molecule has 0 aliphatic heterocycles. The third-order valence-electron chi connectivity index (χ3n) is 4.05. The third kappa shape index (κ3) is 8.76. The zero-order valence-electron chi connectivity index (χ0n) is 18.6. The summed E-state index contributed by atoms with van der Waals surface area (Å²) in [7, 11) is 1.01. The minimum atomic E-state index is -3.49. The molecule has 0 unspecified atom stereocenters. The van der Waals surface area contributed by atoms with Crippen LogP contribution in [0.15, 0.2) is 39.4 Å². The normalized spacial score (nSPS) is 10.5. The molecule has 1 heterocycles. The van der Waals surface area contributed by atoms with Crippen LogP contribution in [-0.2, 0) is 42.5 Å². The van der Waals surface area contributed by atoms with Crippen molar-refractivity contribution in [2.45, 2.75) is 18.6 Å². The molecular weight excluding hydrogens is 520 g/mol. The average molecular weight is 546 g/mol. The smallest absolute Gasteiger partial charge is 0.156 e. The molecule has 3 radical (unpaired) electrons. The van der Waals surface area contributed by atoms with Gasteiger partial charge in [-0.15, -0.1) is 5.11 Å². The number of azo groups is 1. The standard InChI is InChI=1S/C19H23N6O4S.CH3B.Y/c1-3-30(28,29)15-6-4-5-14(11-15)24-25-17-13(2)16(12-20)18(21-7-9-26)23-19(17)22-8-10-27;1-2;/h4-6,11,26-27H,1,3,7-10H2,2H3,(H2,21,22,23);1H3;/q-1;;. The third-order valence-corrected chi connectivity index (χ3v) is 5.56. The van der Waals surface area contributed by atoms with Crippen LogP contribution in [0.4, 0.5) is 23.0 Å². The number of aromatic nitrogens is 1. The zero-order chi connectivity index (χ0) is 24.1. The number of nitrogens with one attached hydrogen (secondary N) is 2. The van der Waals surface area contributed by atoms with Crippen LogP contribution in [0.25, 0.3) is 0 Å². The molecule has 0 fully saturated rings. The first-order valence-corrected chi connectivity index (χ1v) is 11.3. The number of sulfone groups is 1. The fourth-order valence-electron chi connectivity index (χ4n) is 2.52. The topological polar surface area (TPSA) is 160 Å². The molecule has 0 atom stereocenters. The SMILES string of the molecule is [B]C.[CH2-]CS(=O)(=O)c1cccc(N=Nc2c(NCCO)nc(NCCO)c(C#N)c2C)c1.[Y]. The monoisotopic (exact) mass is 546 g/mol. The van der Waals surface area contributed by atoms with Gasteiger partial charge in [-0.05, 0) is 25.1 Å². The van der Waals surface area contributed by atoms with Crippen LogP contribution in [0.2, 0.25) is 6.82 Å². The largest absolute Gasteiger partial charge is 0.395 e. The van der Waals surface area contributed by atoms with E-state index in [-0.39, 0.29) is 92.5 Å². The van der Waals surface area contributed by atoms with E-state index in [1.807, 2.05) is 0 Å². The fourth-order valence-corrected chi connectivity index (χ4v) is 3.34. The summed E-state index contributed by atoms with van der Waals surface area (Å²) in [5, 5.41) is 41.8. The zero-order valence-corrected chi connectivity index (χ0v) is 22.3. The number of hydrogen-bond donors (Lipinski definition) is 4. The van der Waals surface area contributed by atoms with E-state index in [2.05, 4.69) is 46.7 Å². The van der Waals surface area contributed by atoms with Crippen molar-refractivity contribution >= 4 is 40.7 Å². The number of anilines is 2. The van der Waals surface area contributed by atoms with Crippen LogP contribution in [0, 0.1) is 25.2 Å². The van der Waals surface area contributed by atoms with Gasteiger partial charge in [0.15, 0.2) is 15.7 Å². The Morgan fingerprint density at radius 1 is 1.15 bits per heavy atom. The molecular formula is C20H26BN6O4SY-. The molecule has 33 heavy (non-hydrogen) atoms. The van der Waals surface area contributed by atoms with E-state index in [4.69, 9.17) is 10.2 Å². The Hall–Kier alpha value is -1.90. The van der Waals surface area contributed by atoms with Crippen molar-refractivity contribution in [2.24, 2.45) is 10.2 Å². The molecule has 2 aromatic rings. The van der Waals surface area contributed by atoms with Gasteiger partial charge >= 0.3 is 0 Å². The van der Waals surface area contributed by atoms with Gasteiger partial charge in [0.25, 0.3) is 0 Å². The van der Waals surface area contributed by atoms with Crippen molar-refractivity contribution in [3.8, 4) is 6.07 Å². The van der Waals surface area contributed by atoms with E-state index < -0.39 is 9.84 Å². The molecule has 173 valence electrons. The Bertz CT molecular complexity index is 1080. The van der Waals surface area contributed by atoms with E-state index in [1.165, 1.54) is 19.0 Å². The number of aliphatic hydroxyl groups is 2. The second kappa shape index (κ2) is 15.9. The summed E-state index contributed by atoms with van der Waals surface area (Å²) in [5.74, 6) is 0.276. The predicted octanol–water partition coefficient (Wildman–Crippen LogP) is 2.29. The number of aliphatic hydroxyl groups excluding tert-OH is 2. The molecule has 10 nitrogen and oxygen atoms in total. The van der Waals surface area contributed by atoms with Crippen molar-refractivity contribution in [1.29, 1.82) is 5.26 Å². The summed E-state index contributed by atoms with van der Waals surface area (Å²) in [5.41, 5.74) is 1.30. The quantitative estimate of drug-likeness (QED) is 0.201. The predicted molar refractivity (Wildman–Crippen MR) is 124 cm³/mol. The van der Waals surface area contributed by atoms with Gasteiger partial charge in [-0.3, -0.25) is 0 Å². The van der Waals surface area contributed by atoms with E-state index in [9.17, 15) is 13.7 Å². The van der Waals surface area contributed by atoms with Crippen LogP contribution in [0.5, 0.6) is 0 Å². The fraction of sp³-hybridized carbons (Fsp3) is 0.350. The molecule has 2 rings (SSSR count). The van der Waals surface area contributed by atoms with E-state index in [0.29, 0.717) is 11.3 Å². The molecule has 0 aliphatic carbocycles. The van der Waals surface area contributed by atoms with Gasteiger partial charge in [-0.2, -0.15) is 10.4 Å². The van der Waals surface area contributed by atoms with Gasteiger partial charge in [0.1, 0.15) is 17.6 Å². The summed E-state index contributed by atoms with van der Waals surface area (Å²) < 4.78 is 24.0. The summed E-state index contributed by atoms with van der Waals surface area (Å²) in [6.45, 7) is 6.70. The van der Waals surface area contributed by atoms with E-state index in [1.54, 1.807) is 19.1 Å². The second-order valence-electron chi connectivity index (χ2n) is 6.09. The number of hydrogen-bond acceptors (Lipinski definition) is 10. The summed E-state index contributed by atoms with van der Waals surface area (Å²) in [6.07, 6.45) is 0. The first-order chi connectivity index (χ1) is 15.4. The second-order valence-corrected chi connectivity index (χ2v) is 8.20. The molecule has 13 heteroatoms. The van der Waals surface area contributed by atoms with Gasteiger partial charge in [0.05, 0.1) is 37.2 Å².